The van der Waals surface area contributed by atoms with Gasteiger partial charge in [0.2, 0.25) is 15.9 Å². The monoisotopic (exact) mass is 503 g/mol. The molecule has 7 nitrogen and oxygen atoms in total. The first kappa shape index (κ1) is 25.3. The van der Waals surface area contributed by atoms with Crippen molar-refractivity contribution in [3.05, 3.63) is 94.0 Å². The standard InChI is InChI=1S/C24H23ClFN3O4S/c1-24(2,16-7-10-19(26)18(25)12-16)22(30)20-11-6-15(13-28-20)21(23(27)31)14-4-8-17(9-5-14)29-34(3,32)33/h4-13,21,29H,1-3H3,(H2,27,31). The predicted octanol–water partition coefficient (Wildman–Crippen LogP) is 4.02. The smallest absolute Gasteiger partial charge is 0.229 e. The number of hydrogen-bond donors (Lipinski definition) is 2. The van der Waals surface area contributed by atoms with Gasteiger partial charge in [0.25, 0.3) is 0 Å². The third-order valence-corrected chi connectivity index (χ3v) is 6.29. The highest BCUT2D eigenvalue weighted by atomic mass is 35.5. The number of primary amides is 1. The summed E-state index contributed by atoms with van der Waals surface area (Å²) < 4.78 is 38.6. The quantitative estimate of drug-likeness (QED) is 0.450. The number of aromatic nitrogens is 1. The molecule has 0 aliphatic heterocycles. The van der Waals surface area contributed by atoms with E-state index in [2.05, 4.69) is 9.71 Å². The van der Waals surface area contributed by atoms with E-state index in [1.165, 1.54) is 42.6 Å². The van der Waals surface area contributed by atoms with Crippen molar-refractivity contribution in [1.29, 1.82) is 0 Å². The highest BCUT2D eigenvalue weighted by molar-refractivity contribution is 7.92. The Labute approximate surface area is 202 Å². The van der Waals surface area contributed by atoms with Crippen LogP contribution in [0.2, 0.25) is 5.02 Å². The number of nitrogens with one attached hydrogen (secondary N) is 1. The molecular formula is C24H23ClFN3O4S. The summed E-state index contributed by atoms with van der Waals surface area (Å²) in [5.74, 6) is -2.37. The Balaban J connectivity index is 1.88. The van der Waals surface area contributed by atoms with E-state index >= 15 is 0 Å². The van der Waals surface area contributed by atoms with Crippen molar-refractivity contribution in [2.24, 2.45) is 5.73 Å². The molecule has 0 aliphatic carbocycles. The summed E-state index contributed by atoms with van der Waals surface area (Å²) in [5.41, 5.74) is 6.63. The summed E-state index contributed by atoms with van der Waals surface area (Å²) in [7, 11) is -3.44. The lowest BCUT2D eigenvalue weighted by Crippen LogP contribution is -2.30. The molecule has 0 bridgehead atoms. The van der Waals surface area contributed by atoms with Gasteiger partial charge < -0.3 is 5.73 Å². The molecule has 0 saturated carbocycles. The third-order valence-electron chi connectivity index (χ3n) is 5.39. The van der Waals surface area contributed by atoms with Gasteiger partial charge in [-0.2, -0.15) is 0 Å². The largest absolute Gasteiger partial charge is 0.369 e. The van der Waals surface area contributed by atoms with Crippen LogP contribution in [-0.2, 0) is 20.2 Å². The Morgan fingerprint density at radius 1 is 1.06 bits per heavy atom. The lowest BCUT2D eigenvalue weighted by atomic mass is 9.79. The molecule has 178 valence electrons. The Bertz CT molecular complexity index is 1340. The van der Waals surface area contributed by atoms with E-state index in [1.54, 1.807) is 32.0 Å². The van der Waals surface area contributed by atoms with Crippen LogP contribution >= 0.6 is 11.6 Å². The van der Waals surface area contributed by atoms with E-state index in [0.717, 1.165) is 6.26 Å². The Kier molecular flexibility index (Phi) is 7.09. The van der Waals surface area contributed by atoms with Gasteiger partial charge in [-0.15, -0.1) is 0 Å². The molecule has 3 N–H and O–H groups in total. The summed E-state index contributed by atoms with van der Waals surface area (Å²) >= 11 is 5.88. The van der Waals surface area contributed by atoms with Crippen molar-refractivity contribution in [2.45, 2.75) is 25.2 Å². The van der Waals surface area contributed by atoms with Crippen LogP contribution in [0, 0.1) is 5.82 Å². The van der Waals surface area contributed by atoms with E-state index < -0.39 is 33.1 Å². The molecule has 2 aromatic carbocycles. The molecule has 34 heavy (non-hydrogen) atoms. The van der Waals surface area contributed by atoms with Crippen LogP contribution in [0.5, 0.6) is 0 Å². The number of nitrogens with zero attached hydrogens (tertiary/aromatic N) is 1. The number of anilines is 1. The van der Waals surface area contributed by atoms with Crippen LogP contribution in [0.25, 0.3) is 0 Å². The molecule has 1 unspecified atom stereocenters. The van der Waals surface area contributed by atoms with Crippen molar-refractivity contribution >= 4 is 39.0 Å². The molecule has 10 heteroatoms. The van der Waals surface area contributed by atoms with Crippen molar-refractivity contribution in [2.75, 3.05) is 11.0 Å². The maximum atomic E-state index is 13.5. The molecule has 3 rings (SSSR count). The SMILES string of the molecule is CC(C)(C(=O)c1ccc(C(C(N)=O)c2ccc(NS(C)(=O)=O)cc2)cn1)c1ccc(F)c(Cl)c1. The average Bonchev–Trinajstić information content (AvgIpc) is 2.75. The second-order valence-electron chi connectivity index (χ2n) is 8.39. The molecule has 0 fully saturated rings. The first-order chi connectivity index (χ1) is 15.8. The van der Waals surface area contributed by atoms with Gasteiger partial charge in [0.1, 0.15) is 11.5 Å². The van der Waals surface area contributed by atoms with Crippen LogP contribution in [0.3, 0.4) is 0 Å². The molecule has 0 saturated heterocycles. The fraction of sp³-hybridized carbons (Fsp3) is 0.208. The van der Waals surface area contributed by atoms with E-state index in [0.29, 0.717) is 22.4 Å². The Morgan fingerprint density at radius 3 is 2.18 bits per heavy atom. The summed E-state index contributed by atoms with van der Waals surface area (Å²) in [4.78, 5) is 29.6. The minimum atomic E-state index is -3.44. The van der Waals surface area contributed by atoms with Crippen LogP contribution in [-0.4, -0.2) is 31.3 Å². The van der Waals surface area contributed by atoms with E-state index in [1.807, 2.05) is 0 Å². The zero-order chi connectivity index (χ0) is 25.3. The molecule has 1 atom stereocenters. The molecule has 1 heterocycles. The maximum absolute atomic E-state index is 13.5. The number of sulfonamides is 1. The van der Waals surface area contributed by atoms with Gasteiger partial charge in [0, 0.05) is 11.9 Å². The number of pyridine rings is 1. The number of ketones is 1. The fourth-order valence-electron chi connectivity index (χ4n) is 3.53. The third kappa shape index (κ3) is 5.60. The average molecular weight is 504 g/mol. The first-order valence-electron chi connectivity index (χ1n) is 10.1. The van der Waals surface area contributed by atoms with Gasteiger partial charge in [-0.25, -0.2) is 12.8 Å². The molecule has 1 amide bonds. The van der Waals surface area contributed by atoms with Gasteiger partial charge in [-0.1, -0.05) is 35.9 Å². The predicted molar refractivity (Wildman–Crippen MR) is 129 cm³/mol. The summed E-state index contributed by atoms with van der Waals surface area (Å²) in [6, 6.07) is 13.4. The van der Waals surface area contributed by atoms with Gasteiger partial charge in [-0.05, 0) is 60.9 Å². The van der Waals surface area contributed by atoms with Gasteiger partial charge in [0.15, 0.2) is 5.78 Å². The van der Waals surface area contributed by atoms with Crippen LogP contribution in [0.15, 0.2) is 60.8 Å². The number of carbonyl (C=O) groups is 2. The first-order valence-corrected chi connectivity index (χ1v) is 12.4. The number of hydrogen-bond acceptors (Lipinski definition) is 5. The molecule has 1 aromatic heterocycles. The number of nitrogens with two attached hydrogens (primary N) is 1. The van der Waals surface area contributed by atoms with Crippen LogP contribution in [0.4, 0.5) is 10.1 Å². The Hall–Kier alpha value is -3.30. The summed E-state index contributed by atoms with van der Waals surface area (Å²) in [5, 5.41) is -0.0799. The topological polar surface area (TPSA) is 119 Å². The van der Waals surface area contributed by atoms with Crippen LogP contribution in [0.1, 0.15) is 46.9 Å². The normalized spacial score (nSPS) is 12.7. The second-order valence-corrected chi connectivity index (χ2v) is 10.5. The number of halogens is 2. The maximum Gasteiger partial charge on any atom is 0.229 e. The Morgan fingerprint density at radius 2 is 1.68 bits per heavy atom. The highest BCUT2D eigenvalue weighted by Crippen LogP contribution is 2.31. The molecular weight excluding hydrogens is 481 g/mol. The lowest BCUT2D eigenvalue weighted by molar-refractivity contribution is -0.118. The summed E-state index contributed by atoms with van der Waals surface area (Å²) in [6.45, 7) is 3.37. The van der Waals surface area contributed by atoms with E-state index in [4.69, 9.17) is 17.3 Å². The van der Waals surface area contributed by atoms with Crippen molar-refractivity contribution < 1.29 is 22.4 Å². The number of rotatable bonds is 8. The summed E-state index contributed by atoms with van der Waals surface area (Å²) in [6.07, 6.45) is 2.44. The number of Topliss-reactive ketones (excluding diaryl/α,β-unsaturated/α-hetero) is 1. The molecule has 0 radical (unpaired) electrons. The fourth-order valence-corrected chi connectivity index (χ4v) is 4.27. The minimum absolute atomic E-state index is 0.0799. The number of amides is 1. The highest BCUT2D eigenvalue weighted by Gasteiger charge is 2.32. The number of benzene rings is 2. The second kappa shape index (κ2) is 9.52. The minimum Gasteiger partial charge on any atom is -0.369 e. The van der Waals surface area contributed by atoms with E-state index in [9.17, 15) is 22.4 Å². The van der Waals surface area contributed by atoms with Crippen molar-refractivity contribution in [1.82, 2.24) is 4.98 Å². The van der Waals surface area contributed by atoms with Crippen LogP contribution < -0.4 is 10.5 Å². The van der Waals surface area contributed by atoms with Gasteiger partial charge in [0.05, 0.1) is 22.6 Å². The molecule has 3 aromatic rings. The van der Waals surface area contributed by atoms with Gasteiger partial charge in [-0.3, -0.25) is 19.3 Å². The van der Waals surface area contributed by atoms with Crippen molar-refractivity contribution in [3.63, 3.8) is 0 Å². The van der Waals surface area contributed by atoms with Gasteiger partial charge >= 0.3 is 0 Å². The zero-order valence-electron chi connectivity index (χ0n) is 18.7. The van der Waals surface area contributed by atoms with Crippen molar-refractivity contribution in [3.8, 4) is 0 Å². The van der Waals surface area contributed by atoms with E-state index in [-0.39, 0.29) is 16.5 Å². The molecule has 0 aliphatic rings. The zero-order valence-corrected chi connectivity index (χ0v) is 20.2. The molecule has 0 spiro atoms. The lowest BCUT2D eigenvalue weighted by Gasteiger charge is -2.24. The number of carbonyl (C=O) groups excluding carboxylic acids is 2.